The number of Topliss-reactive ketones (excluding diaryl/α,β-unsaturated/α-hetero) is 1. The van der Waals surface area contributed by atoms with Gasteiger partial charge in [-0.3, -0.25) is 4.79 Å². The van der Waals surface area contributed by atoms with E-state index < -0.39 is 0 Å². The topological polar surface area (TPSA) is 60.1 Å². The van der Waals surface area contributed by atoms with E-state index in [-0.39, 0.29) is 11.0 Å². The number of halogens is 1. The average Bonchev–Trinajstić information content (AvgIpc) is 2.89. The van der Waals surface area contributed by atoms with Crippen molar-refractivity contribution in [2.75, 3.05) is 0 Å². The number of carbonyl (C=O) groups excluding carboxylic acids is 1. The largest absolute Gasteiger partial charge is 0.293 e. The van der Waals surface area contributed by atoms with Crippen LogP contribution in [0.3, 0.4) is 0 Å². The van der Waals surface area contributed by atoms with E-state index >= 15 is 0 Å². The fraction of sp³-hybridized carbons (Fsp3) is 0.143. The number of carbonyl (C=O) groups is 1. The third-order valence-electron chi connectivity index (χ3n) is 2.88. The zero-order chi connectivity index (χ0) is 14.8. The maximum absolute atomic E-state index is 12.3. The van der Waals surface area contributed by atoms with Crippen molar-refractivity contribution in [3.63, 3.8) is 0 Å². The van der Waals surface area contributed by atoms with Crippen molar-refractivity contribution in [1.29, 1.82) is 0 Å². The summed E-state index contributed by atoms with van der Waals surface area (Å²) in [6, 6.07) is 8.64. The number of benzene rings is 1. The molecule has 0 N–H and O–H groups in total. The first-order chi connectivity index (χ1) is 10.1. The van der Waals surface area contributed by atoms with Gasteiger partial charge in [0, 0.05) is 23.0 Å². The molecule has 2 heterocycles. The molecule has 0 saturated carbocycles. The molecule has 0 unspecified atom stereocenters. The van der Waals surface area contributed by atoms with Gasteiger partial charge in [0.25, 0.3) is 5.78 Å². The third-order valence-corrected chi connectivity index (χ3v) is 4.08. The van der Waals surface area contributed by atoms with Crippen LogP contribution in [0.1, 0.15) is 17.3 Å². The Bertz CT molecular complexity index is 754. The van der Waals surface area contributed by atoms with Gasteiger partial charge in [-0.2, -0.15) is 4.98 Å². The average molecular weight is 319 g/mol. The maximum Gasteiger partial charge on any atom is 0.253 e. The molecule has 0 saturated heterocycles. The van der Waals surface area contributed by atoms with Gasteiger partial charge in [0.15, 0.2) is 5.78 Å². The second-order valence-electron chi connectivity index (χ2n) is 4.39. The highest BCUT2D eigenvalue weighted by molar-refractivity contribution is 8.00. The molecule has 21 heavy (non-hydrogen) atoms. The number of thioether (sulfide) groups is 1. The summed E-state index contributed by atoms with van der Waals surface area (Å²) in [6.07, 6.45) is 3.42. The first-order valence-electron chi connectivity index (χ1n) is 6.27. The number of hydrogen-bond donors (Lipinski definition) is 0. The summed E-state index contributed by atoms with van der Waals surface area (Å²) < 4.78 is 1.59. The van der Waals surface area contributed by atoms with Crippen LogP contribution in [0, 0.1) is 0 Å². The van der Waals surface area contributed by atoms with E-state index in [4.69, 9.17) is 11.6 Å². The van der Waals surface area contributed by atoms with Gasteiger partial charge < -0.3 is 0 Å². The van der Waals surface area contributed by atoms with Crippen LogP contribution in [-0.4, -0.2) is 30.6 Å². The molecule has 1 aromatic carbocycles. The van der Waals surface area contributed by atoms with Crippen LogP contribution >= 0.6 is 23.4 Å². The summed E-state index contributed by atoms with van der Waals surface area (Å²) in [6.45, 7) is 1.83. The lowest BCUT2D eigenvalue weighted by molar-refractivity contribution is 0.0994. The van der Waals surface area contributed by atoms with Crippen molar-refractivity contribution >= 4 is 34.9 Å². The van der Waals surface area contributed by atoms with Gasteiger partial charge in [0.05, 0.1) is 5.25 Å². The zero-order valence-corrected chi connectivity index (χ0v) is 12.7. The summed E-state index contributed by atoms with van der Waals surface area (Å²) in [5.74, 6) is 0.537. The Kier molecular flexibility index (Phi) is 3.90. The van der Waals surface area contributed by atoms with Crippen LogP contribution in [0.4, 0.5) is 0 Å². The molecule has 3 aromatic rings. The van der Waals surface area contributed by atoms with Crippen molar-refractivity contribution in [2.45, 2.75) is 17.3 Å². The molecule has 0 radical (unpaired) electrons. The highest BCUT2D eigenvalue weighted by atomic mass is 35.5. The second kappa shape index (κ2) is 5.83. The lowest BCUT2D eigenvalue weighted by atomic mass is 10.1. The molecule has 0 amide bonds. The quantitative estimate of drug-likeness (QED) is 0.546. The standard InChI is InChI=1S/C14H11ClN4OS/c1-9(12(20)10-3-5-11(15)6-4-10)21-14-17-13-16-7-2-8-19(13)18-14/h2-9H,1H3/t9-/m1/s1. The van der Waals surface area contributed by atoms with Crippen molar-refractivity contribution in [2.24, 2.45) is 0 Å². The van der Waals surface area contributed by atoms with Gasteiger partial charge in [0.1, 0.15) is 0 Å². The summed E-state index contributed by atoms with van der Waals surface area (Å²) in [4.78, 5) is 20.7. The molecule has 7 heteroatoms. The first-order valence-corrected chi connectivity index (χ1v) is 7.53. The smallest absolute Gasteiger partial charge is 0.253 e. The van der Waals surface area contributed by atoms with Crippen molar-refractivity contribution in [3.8, 4) is 0 Å². The van der Waals surface area contributed by atoms with Gasteiger partial charge in [-0.05, 0) is 37.3 Å². The molecule has 5 nitrogen and oxygen atoms in total. The van der Waals surface area contributed by atoms with Crippen LogP contribution in [0.5, 0.6) is 0 Å². The lowest BCUT2D eigenvalue weighted by Crippen LogP contribution is -2.13. The van der Waals surface area contributed by atoms with Crippen LogP contribution in [0.25, 0.3) is 5.78 Å². The Morgan fingerprint density at radius 2 is 2.10 bits per heavy atom. The van der Waals surface area contributed by atoms with Crippen LogP contribution in [0.15, 0.2) is 47.9 Å². The lowest BCUT2D eigenvalue weighted by Gasteiger charge is -2.07. The van der Waals surface area contributed by atoms with E-state index in [0.29, 0.717) is 21.5 Å². The predicted octanol–water partition coefficient (Wildman–Crippen LogP) is 3.14. The highest BCUT2D eigenvalue weighted by Crippen LogP contribution is 2.23. The summed E-state index contributed by atoms with van der Waals surface area (Å²) in [5, 5.41) is 5.13. The van der Waals surface area contributed by atoms with E-state index in [1.165, 1.54) is 11.8 Å². The van der Waals surface area contributed by atoms with Gasteiger partial charge in [-0.15, -0.1) is 5.10 Å². The summed E-state index contributed by atoms with van der Waals surface area (Å²) >= 11 is 7.14. The van der Waals surface area contributed by atoms with E-state index in [9.17, 15) is 4.79 Å². The summed E-state index contributed by atoms with van der Waals surface area (Å²) in [5.41, 5.74) is 0.626. The number of hydrogen-bond acceptors (Lipinski definition) is 5. The molecule has 0 bridgehead atoms. The molecule has 0 aliphatic carbocycles. The highest BCUT2D eigenvalue weighted by Gasteiger charge is 2.19. The SMILES string of the molecule is C[C@@H](Sc1nc2ncccn2n1)C(=O)c1ccc(Cl)cc1. The maximum atomic E-state index is 12.3. The molecule has 2 aromatic heterocycles. The molecule has 1 atom stereocenters. The fourth-order valence-corrected chi connectivity index (χ4v) is 2.78. The Morgan fingerprint density at radius 3 is 2.81 bits per heavy atom. The third kappa shape index (κ3) is 3.06. The Balaban J connectivity index is 1.77. The van der Waals surface area contributed by atoms with Crippen LogP contribution < -0.4 is 0 Å². The molecule has 3 rings (SSSR count). The number of fused-ring (bicyclic) bond motifs is 1. The van der Waals surface area contributed by atoms with Gasteiger partial charge in [0.2, 0.25) is 5.16 Å². The minimum atomic E-state index is -0.288. The Hall–Kier alpha value is -1.92. The van der Waals surface area contributed by atoms with Crippen molar-refractivity contribution in [1.82, 2.24) is 19.6 Å². The normalized spacial score (nSPS) is 12.5. The van der Waals surface area contributed by atoms with Gasteiger partial charge in [-0.1, -0.05) is 23.4 Å². The van der Waals surface area contributed by atoms with E-state index in [1.54, 1.807) is 47.2 Å². The van der Waals surface area contributed by atoms with Gasteiger partial charge >= 0.3 is 0 Å². The number of rotatable bonds is 4. The zero-order valence-electron chi connectivity index (χ0n) is 11.1. The predicted molar refractivity (Wildman–Crippen MR) is 81.9 cm³/mol. The minimum absolute atomic E-state index is 0.0171. The number of aromatic nitrogens is 4. The Labute approximate surface area is 130 Å². The number of nitrogens with zero attached hydrogens (tertiary/aromatic N) is 4. The monoisotopic (exact) mass is 318 g/mol. The molecule has 0 aliphatic heterocycles. The van der Waals surface area contributed by atoms with E-state index in [1.807, 2.05) is 6.92 Å². The molecular formula is C14H11ClN4OS. The number of ketones is 1. The Morgan fingerprint density at radius 1 is 1.33 bits per heavy atom. The van der Waals surface area contributed by atoms with Gasteiger partial charge in [-0.25, -0.2) is 9.50 Å². The minimum Gasteiger partial charge on any atom is -0.293 e. The van der Waals surface area contributed by atoms with Crippen molar-refractivity contribution < 1.29 is 4.79 Å². The molecule has 0 aliphatic rings. The molecule has 0 spiro atoms. The molecule has 0 fully saturated rings. The molecule has 106 valence electrons. The van der Waals surface area contributed by atoms with Crippen LogP contribution in [-0.2, 0) is 0 Å². The fourth-order valence-electron chi connectivity index (χ4n) is 1.82. The second-order valence-corrected chi connectivity index (χ2v) is 6.13. The van der Waals surface area contributed by atoms with E-state index in [2.05, 4.69) is 15.1 Å². The summed E-state index contributed by atoms with van der Waals surface area (Å²) in [7, 11) is 0. The molecular weight excluding hydrogens is 308 g/mol. The van der Waals surface area contributed by atoms with E-state index in [0.717, 1.165) is 0 Å². The van der Waals surface area contributed by atoms with Crippen LogP contribution in [0.2, 0.25) is 5.02 Å². The first kappa shape index (κ1) is 14.0. The van der Waals surface area contributed by atoms with Crippen molar-refractivity contribution in [3.05, 3.63) is 53.3 Å².